The number of aromatic amines is 1. The second kappa shape index (κ2) is 5.94. The van der Waals surface area contributed by atoms with Gasteiger partial charge >= 0.3 is 0 Å². The number of ether oxygens (including phenoxy) is 1. The molecule has 1 heterocycles. The van der Waals surface area contributed by atoms with Gasteiger partial charge in [0.15, 0.2) is 0 Å². The molecule has 1 amide bonds. The van der Waals surface area contributed by atoms with Crippen molar-refractivity contribution in [3.05, 3.63) is 41.7 Å². The molecule has 1 aromatic heterocycles. The van der Waals surface area contributed by atoms with Crippen molar-refractivity contribution in [3.63, 3.8) is 0 Å². The van der Waals surface area contributed by atoms with Crippen molar-refractivity contribution in [2.45, 2.75) is 11.4 Å². The molecule has 9 heteroatoms. The Kier molecular flexibility index (Phi) is 4.24. The van der Waals surface area contributed by atoms with E-state index >= 15 is 0 Å². The molecule has 21 heavy (non-hydrogen) atoms. The fraction of sp³-hybridized carbons (Fsp3) is 0.167. The Morgan fingerprint density at radius 3 is 2.81 bits per heavy atom. The predicted octanol–water partition coefficient (Wildman–Crippen LogP) is -0.00430. The number of carbonyl (C=O) groups excluding carboxylic acids is 1. The number of carbonyl (C=O) groups is 1. The van der Waals surface area contributed by atoms with Gasteiger partial charge in [-0.1, -0.05) is 0 Å². The lowest BCUT2D eigenvalue weighted by Gasteiger charge is -2.09. The van der Waals surface area contributed by atoms with Gasteiger partial charge in [0.05, 0.1) is 23.8 Å². The first-order valence-corrected chi connectivity index (χ1v) is 7.37. The quantitative estimate of drug-likeness (QED) is 0.692. The average molecular weight is 310 g/mol. The molecule has 0 aliphatic rings. The fourth-order valence-corrected chi connectivity index (χ4v) is 2.73. The van der Waals surface area contributed by atoms with E-state index in [1.165, 1.54) is 31.5 Å². The largest absolute Gasteiger partial charge is 0.496 e. The summed E-state index contributed by atoms with van der Waals surface area (Å²) in [6.45, 7) is 0.0801. The van der Waals surface area contributed by atoms with E-state index in [-0.39, 0.29) is 22.8 Å². The summed E-state index contributed by atoms with van der Waals surface area (Å²) in [6, 6.07) is 3.90. The number of amides is 1. The summed E-state index contributed by atoms with van der Waals surface area (Å²) < 4.78 is 31.7. The van der Waals surface area contributed by atoms with E-state index in [9.17, 15) is 13.2 Å². The average Bonchev–Trinajstić information content (AvgIpc) is 2.97. The Balaban J connectivity index is 2.27. The molecule has 2 rings (SSSR count). The van der Waals surface area contributed by atoms with Gasteiger partial charge in [-0.05, 0) is 18.2 Å². The lowest BCUT2D eigenvalue weighted by molar-refractivity contribution is 0.0997. The van der Waals surface area contributed by atoms with E-state index in [2.05, 4.69) is 14.9 Å². The highest BCUT2D eigenvalue weighted by Gasteiger charge is 2.18. The normalized spacial score (nSPS) is 11.3. The van der Waals surface area contributed by atoms with Gasteiger partial charge in [0, 0.05) is 18.3 Å². The minimum Gasteiger partial charge on any atom is -0.496 e. The number of primary amides is 1. The number of aromatic nitrogens is 2. The van der Waals surface area contributed by atoms with Crippen LogP contribution in [0.25, 0.3) is 0 Å². The number of nitrogens with zero attached hydrogens (tertiary/aromatic N) is 1. The maximum Gasteiger partial charge on any atom is 0.252 e. The number of H-pyrrole nitrogens is 1. The molecule has 8 nitrogen and oxygen atoms in total. The van der Waals surface area contributed by atoms with Crippen LogP contribution in [-0.2, 0) is 16.6 Å². The van der Waals surface area contributed by atoms with Crippen LogP contribution in [-0.4, -0.2) is 31.6 Å². The third-order valence-corrected chi connectivity index (χ3v) is 4.17. The van der Waals surface area contributed by atoms with Crippen molar-refractivity contribution in [2.75, 3.05) is 7.11 Å². The van der Waals surface area contributed by atoms with Crippen LogP contribution in [0.2, 0.25) is 0 Å². The van der Waals surface area contributed by atoms with Gasteiger partial charge in [-0.3, -0.25) is 9.89 Å². The molecular formula is C12H14N4O4S. The Hall–Kier alpha value is -2.39. The van der Waals surface area contributed by atoms with Gasteiger partial charge in [0.1, 0.15) is 5.75 Å². The molecule has 0 aliphatic heterocycles. The van der Waals surface area contributed by atoms with Gasteiger partial charge in [-0.25, -0.2) is 13.1 Å². The minimum atomic E-state index is -3.77. The highest BCUT2D eigenvalue weighted by molar-refractivity contribution is 7.89. The molecule has 2 aromatic rings. The predicted molar refractivity (Wildman–Crippen MR) is 74.1 cm³/mol. The molecule has 0 unspecified atom stereocenters. The van der Waals surface area contributed by atoms with E-state index in [1.807, 2.05) is 0 Å². The number of methoxy groups -OCH3 is 1. The lowest BCUT2D eigenvalue weighted by atomic mass is 10.2. The molecule has 4 N–H and O–H groups in total. The summed E-state index contributed by atoms with van der Waals surface area (Å²) in [5, 5.41) is 6.30. The molecule has 0 radical (unpaired) electrons. The van der Waals surface area contributed by atoms with Crippen LogP contribution in [0.3, 0.4) is 0 Å². The maximum absolute atomic E-state index is 12.2. The number of sulfonamides is 1. The Bertz CT molecular complexity index is 741. The van der Waals surface area contributed by atoms with Crippen LogP contribution in [0.5, 0.6) is 5.75 Å². The molecule has 0 bridgehead atoms. The van der Waals surface area contributed by atoms with Crippen LogP contribution in [0.15, 0.2) is 35.5 Å². The van der Waals surface area contributed by atoms with Crippen LogP contribution in [0.1, 0.15) is 15.9 Å². The first kappa shape index (κ1) is 15.0. The summed E-state index contributed by atoms with van der Waals surface area (Å²) in [5.74, 6) is -0.546. The smallest absolute Gasteiger partial charge is 0.252 e. The minimum absolute atomic E-state index is 0.00341. The first-order valence-electron chi connectivity index (χ1n) is 5.89. The van der Waals surface area contributed by atoms with Crippen molar-refractivity contribution in [2.24, 2.45) is 5.73 Å². The monoisotopic (exact) mass is 310 g/mol. The molecular weight excluding hydrogens is 296 g/mol. The van der Waals surface area contributed by atoms with Crippen molar-refractivity contribution in [1.29, 1.82) is 0 Å². The van der Waals surface area contributed by atoms with Crippen LogP contribution in [0, 0.1) is 0 Å². The third-order valence-electron chi connectivity index (χ3n) is 2.77. The van der Waals surface area contributed by atoms with Gasteiger partial charge in [0.2, 0.25) is 10.0 Å². The number of hydrogen-bond donors (Lipinski definition) is 3. The van der Waals surface area contributed by atoms with Gasteiger partial charge < -0.3 is 10.5 Å². The Morgan fingerprint density at radius 1 is 1.48 bits per heavy atom. The van der Waals surface area contributed by atoms with Crippen LogP contribution >= 0.6 is 0 Å². The van der Waals surface area contributed by atoms with Crippen molar-refractivity contribution >= 4 is 15.9 Å². The van der Waals surface area contributed by atoms with E-state index in [0.717, 1.165) is 0 Å². The van der Waals surface area contributed by atoms with Crippen molar-refractivity contribution < 1.29 is 17.9 Å². The molecule has 1 aromatic carbocycles. The number of nitrogens with one attached hydrogen (secondary N) is 2. The fourth-order valence-electron chi connectivity index (χ4n) is 1.68. The molecule has 0 saturated heterocycles. The SMILES string of the molecule is COc1ccc(S(=O)(=O)NCc2cn[nH]c2)cc1C(N)=O. The number of benzene rings is 1. The summed E-state index contributed by atoms with van der Waals surface area (Å²) in [5.41, 5.74) is 5.89. The molecule has 112 valence electrons. The molecule has 0 aliphatic carbocycles. The van der Waals surface area contributed by atoms with Gasteiger partial charge in [-0.2, -0.15) is 5.10 Å². The topological polar surface area (TPSA) is 127 Å². The summed E-state index contributed by atoms with van der Waals surface area (Å²) in [6.07, 6.45) is 3.08. The molecule has 0 atom stereocenters. The second-order valence-corrected chi connectivity index (χ2v) is 5.92. The van der Waals surface area contributed by atoms with E-state index in [4.69, 9.17) is 10.5 Å². The molecule has 0 spiro atoms. The third kappa shape index (κ3) is 3.38. The molecule has 0 saturated carbocycles. The highest BCUT2D eigenvalue weighted by Crippen LogP contribution is 2.22. The summed E-state index contributed by atoms with van der Waals surface area (Å²) >= 11 is 0. The zero-order valence-corrected chi connectivity index (χ0v) is 12.0. The van der Waals surface area contributed by atoms with E-state index in [1.54, 1.807) is 6.20 Å². The van der Waals surface area contributed by atoms with Gasteiger partial charge in [-0.15, -0.1) is 0 Å². The van der Waals surface area contributed by atoms with Crippen LogP contribution in [0.4, 0.5) is 0 Å². The number of rotatable bonds is 6. The summed E-state index contributed by atoms with van der Waals surface area (Å²) in [7, 11) is -2.40. The maximum atomic E-state index is 12.2. The van der Waals surface area contributed by atoms with E-state index in [0.29, 0.717) is 5.56 Å². The Labute approximate surface area is 121 Å². The standard InChI is InChI=1S/C12H14N4O4S/c1-20-11-3-2-9(4-10(11)12(13)17)21(18,19)16-7-8-5-14-15-6-8/h2-6,16H,7H2,1H3,(H2,13,17)(H,14,15). The zero-order chi connectivity index (χ0) is 15.5. The number of nitrogens with two attached hydrogens (primary N) is 1. The first-order chi connectivity index (χ1) is 9.94. The van der Waals surface area contributed by atoms with Crippen LogP contribution < -0.4 is 15.2 Å². The summed E-state index contributed by atoms with van der Waals surface area (Å²) in [4.78, 5) is 11.3. The molecule has 0 fully saturated rings. The van der Waals surface area contributed by atoms with Gasteiger partial charge in [0.25, 0.3) is 5.91 Å². The highest BCUT2D eigenvalue weighted by atomic mass is 32.2. The number of hydrogen-bond acceptors (Lipinski definition) is 5. The lowest BCUT2D eigenvalue weighted by Crippen LogP contribution is -2.23. The van der Waals surface area contributed by atoms with Crippen molar-refractivity contribution in [3.8, 4) is 5.75 Å². The van der Waals surface area contributed by atoms with E-state index < -0.39 is 15.9 Å². The van der Waals surface area contributed by atoms with Crippen molar-refractivity contribution in [1.82, 2.24) is 14.9 Å². The zero-order valence-electron chi connectivity index (χ0n) is 11.2. The Morgan fingerprint density at radius 2 is 2.24 bits per heavy atom. The second-order valence-electron chi connectivity index (χ2n) is 4.16.